The molecule has 1 aliphatic heterocycles. The van der Waals surface area contributed by atoms with Gasteiger partial charge in [-0.1, -0.05) is 0 Å². The minimum Gasteiger partial charge on any atom is -0.387 e. The average molecular weight is 176 g/mol. The molecule has 4 atom stereocenters. The summed E-state index contributed by atoms with van der Waals surface area (Å²) in [5.41, 5.74) is -0.697. The molecule has 0 aliphatic carbocycles. The zero-order valence-electron chi connectivity index (χ0n) is 7.65. The first-order valence-electron chi connectivity index (χ1n) is 4.06. The van der Waals surface area contributed by atoms with Gasteiger partial charge in [0.05, 0.1) is 11.7 Å². The number of hydrogen-bond acceptors (Lipinski definition) is 4. The summed E-state index contributed by atoms with van der Waals surface area (Å²) in [4.78, 5) is 0. The van der Waals surface area contributed by atoms with Crippen molar-refractivity contribution in [1.82, 2.24) is 0 Å². The van der Waals surface area contributed by atoms with E-state index in [4.69, 9.17) is 9.47 Å². The van der Waals surface area contributed by atoms with Gasteiger partial charge < -0.3 is 19.7 Å². The molecule has 0 aromatic heterocycles. The fraction of sp³-hybridized carbons (Fsp3) is 1.00. The number of aliphatic hydroxyl groups is 2. The molecule has 1 fully saturated rings. The van der Waals surface area contributed by atoms with E-state index in [1.807, 2.05) is 0 Å². The molecule has 1 heterocycles. The second-order valence-corrected chi connectivity index (χ2v) is 3.46. The number of rotatable bonds is 1. The molecule has 72 valence electrons. The normalized spacial score (nSPS) is 49.2. The molecule has 4 nitrogen and oxygen atoms in total. The lowest BCUT2D eigenvalue weighted by Gasteiger charge is -2.42. The highest BCUT2D eigenvalue weighted by Gasteiger charge is 2.44. The van der Waals surface area contributed by atoms with E-state index in [0.29, 0.717) is 6.42 Å². The highest BCUT2D eigenvalue weighted by atomic mass is 16.6. The number of hydrogen-bond donors (Lipinski definition) is 2. The van der Waals surface area contributed by atoms with Crippen molar-refractivity contribution in [3.63, 3.8) is 0 Å². The Labute approximate surface area is 72.1 Å². The van der Waals surface area contributed by atoms with Crippen LogP contribution in [-0.2, 0) is 9.47 Å². The van der Waals surface area contributed by atoms with Crippen LogP contribution in [-0.4, -0.2) is 41.4 Å². The maximum Gasteiger partial charge on any atom is 0.157 e. The molecular formula is C8H16O4. The van der Waals surface area contributed by atoms with Crippen LogP contribution in [0.3, 0.4) is 0 Å². The van der Waals surface area contributed by atoms with E-state index >= 15 is 0 Å². The third-order valence-corrected chi connectivity index (χ3v) is 2.49. The van der Waals surface area contributed by atoms with Gasteiger partial charge in [-0.25, -0.2) is 0 Å². The molecule has 0 aromatic carbocycles. The highest BCUT2D eigenvalue weighted by molar-refractivity contribution is 4.91. The van der Waals surface area contributed by atoms with Gasteiger partial charge in [0, 0.05) is 13.5 Å². The Kier molecular flexibility index (Phi) is 2.73. The summed E-state index contributed by atoms with van der Waals surface area (Å²) in [5, 5.41) is 18.9. The molecule has 1 saturated heterocycles. The Hall–Kier alpha value is -0.160. The van der Waals surface area contributed by atoms with E-state index < -0.39 is 24.1 Å². The van der Waals surface area contributed by atoms with E-state index in [1.165, 1.54) is 7.11 Å². The van der Waals surface area contributed by atoms with Crippen molar-refractivity contribution >= 4 is 0 Å². The van der Waals surface area contributed by atoms with Crippen LogP contribution in [0.4, 0.5) is 0 Å². The van der Waals surface area contributed by atoms with Crippen molar-refractivity contribution in [3.8, 4) is 0 Å². The van der Waals surface area contributed by atoms with Crippen molar-refractivity contribution in [3.05, 3.63) is 0 Å². The summed E-state index contributed by atoms with van der Waals surface area (Å²) in [6.07, 6.45) is -1.62. The van der Waals surface area contributed by atoms with Crippen molar-refractivity contribution in [1.29, 1.82) is 0 Å². The van der Waals surface area contributed by atoms with Gasteiger partial charge >= 0.3 is 0 Å². The highest BCUT2D eigenvalue weighted by Crippen LogP contribution is 2.30. The SMILES string of the molecule is COC1(C)CC(O)O[C@H](C)C1O. The van der Waals surface area contributed by atoms with Gasteiger partial charge in [-0.2, -0.15) is 0 Å². The molecule has 0 saturated carbocycles. The maximum atomic E-state index is 9.65. The smallest absolute Gasteiger partial charge is 0.157 e. The molecule has 0 spiro atoms. The second kappa shape index (κ2) is 3.30. The van der Waals surface area contributed by atoms with E-state index in [-0.39, 0.29) is 0 Å². The molecular weight excluding hydrogens is 160 g/mol. The second-order valence-electron chi connectivity index (χ2n) is 3.46. The van der Waals surface area contributed by atoms with Crippen molar-refractivity contribution < 1.29 is 19.7 Å². The monoisotopic (exact) mass is 176 g/mol. The number of ether oxygens (including phenoxy) is 2. The molecule has 12 heavy (non-hydrogen) atoms. The van der Waals surface area contributed by atoms with Gasteiger partial charge in [0.2, 0.25) is 0 Å². The standard InChI is InChI=1S/C8H16O4/c1-5-7(10)8(2,11-3)4-6(9)12-5/h5-7,9-10H,4H2,1-3H3/t5-,6?,7?,8?/m1/s1. The first-order valence-corrected chi connectivity index (χ1v) is 4.06. The van der Waals surface area contributed by atoms with Crippen molar-refractivity contribution in [2.45, 2.75) is 44.4 Å². The van der Waals surface area contributed by atoms with Gasteiger partial charge in [-0.15, -0.1) is 0 Å². The Balaban J connectivity index is 2.72. The largest absolute Gasteiger partial charge is 0.387 e. The number of methoxy groups -OCH3 is 1. The zero-order valence-corrected chi connectivity index (χ0v) is 7.65. The minimum atomic E-state index is -0.839. The third kappa shape index (κ3) is 1.61. The minimum absolute atomic E-state index is 0.301. The van der Waals surface area contributed by atoms with Gasteiger partial charge in [-0.3, -0.25) is 0 Å². The molecule has 4 heteroatoms. The summed E-state index contributed by atoms with van der Waals surface area (Å²) in [6, 6.07) is 0. The lowest BCUT2D eigenvalue weighted by molar-refractivity contribution is -0.263. The van der Waals surface area contributed by atoms with Crippen LogP contribution in [0.15, 0.2) is 0 Å². The molecule has 3 unspecified atom stereocenters. The maximum absolute atomic E-state index is 9.65. The first-order chi connectivity index (χ1) is 5.49. The molecule has 1 aliphatic rings. The van der Waals surface area contributed by atoms with Gasteiger partial charge in [0.1, 0.15) is 6.10 Å². The van der Waals surface area contributed by atoms with Crippen LogP contribution in [0.1, 0.15) is 20.3 Å². The first kappa shape index (κ1) is 9.92. The topological polar surface area (TPSA) is 58.9 Å². The van der Waals surface area contributed by atoms with Crippen LogP contribution >= 0.6 is 0 Å². The van der Waals surface area contributed by atoms with E-state index in [1.54, 1.807) is 13.8 Å². The Bertz CT molecular complexity index is 161. The summed E-state index contributed by atoms with van der Waals surface area (Å²) in [5.74, 6) is 0. The molecule has 0 radical (unpaired) electrons. The summed E-state index contributed by atoms with van der Waals surface area (Å²) in [6.45, 7) is 3.48. The zero-order chi connectivity index (χ0) is 9.35. The molecule has 1 rings (SSSR count). The Morgan fingerprint density at radius 3 is 2.58 bits per heavy atom. The van der Waals surface area contributed by atoms with Crippen LogP contribution in [0.5, 0.6) is 0 Å². The van der Waals surface area contributed by atoms with Crippen LogP contribution < -0.4 is 0 Å². The number of aliphatic hydroxyl groups excluding tert-OH is 2. The summed E-state index contributed by atoms with van der Waals surface area (Å²) < 4.78 is 10.2. The lowest BCUT2D eigenvalue weighted by atomic mass is 9.89. The quantitative estimate of drug-likeness (QED) is 0.584. The van der Waals surface area contributed by atoms with Gasteiger partial charge in [0.25, 0.3) is 0 Å². The van der Waals surface area contributed by atoms with E-state index in [9.17, 15) is 10.2 Å². The molecule has 0 bridgehead atoms. The lowest BCUT2D eigenvalue weighted by Crippen LogP contribution is -2.55. The van der Waals surface area contributed by atoms with Gasteiger partial charge in [0.15, 0.2) is 6.29 Å². The molecule has 2 N–H and O–H groups in total. The summed E-state index contributed by atoms with van der Waals surface area (Å²) in [7, 11) is 1.52. The van der Waals surface area contributed by atoms with Crippen molar-refractivity contribution in [2.24, 2.45) is 0 Å². The summed E-state index contributed by atoms with van der Waals surface area (Å²) >= 11 is 0. The fourth-order valence-corrected chi connectivity index (χ4v) is 1.54. The van der Waals surface area contributed by atoms with Gasteiger partial charge in [-0.05, 0) is 13.8 Å². The molecule has 0 amide bonds. The predicted octanol–water partition coefficient (Wildman–Crippen LogP) is -0.120. The molecule has 0 aromatic rings. The van der Waals surface area contributed by atoms with Crippen molar-refractivity contribution in [2.75, 3.05) is 7.11 Å². The van der Waals surface area contributed by atoms with Crippen LogP contribution in [0, 0.1) is 0 Å². The average Bonchev–Trinajstić information content (AvgIpc) is 2.00. The third-order valence-electron chi connectivity index (χ3n) is 2.49. The Morgan fingerprint density at radius 2 is 2.08 bits per heavy atom. The van der Waals surface area contributed by atoms with E-state index in [0.717, 1.165) is 0 Å². The van der Waals surface area contributed by atoms with E-state index in [2.05, 4.69) is 0 Å². The van der Waals surface area contributed by atoms with Crippen LogP contribution in [0.2, 0.25) is 0 Å². The predicted molar refractivity (Wildman–Crippen MR) is 42.6 cm³/mol. The fourth-order valence-electron chi connectivity index (χ4n) is 1.54. The Morgan fingerprint density at radius 1 is 1.50 bits per heavy atom. The van der Waals surface area contributed by atoms with Crippen LogP contribution in [0.25, 0.3) is 0 Å².